The Hall–Kier alpha value is -1.02. The van der Waals surface area contributed by atoms with Gasteiger partial charge in [0.2, 0.25) is 0 Å². The minimum Gasteiger partial charge on any atom is -0.491 e. The molecule has 2 nitrogen and oxygen atoms in total. The highest BCUT2D eigenvalue weighted by Crippen LogP contribution is 2.12. The Morgan fingerprint density at radius 3 is 2.38 bits per heavy atom. The molecule has 0 aliphatic rings. The van der Waals surface area contributed by atoms with Gasteiger partial charge in [-0.2, -0.15) is 0 Å². The lowest BCUT2D eigenvalue weighted by Gasteiger charge is -2.22. The number of para-hydroxylation sites is 1. The second-order valence-corrected chi connectivity index (χ2v) is 5.21. The van der Waals surface area contributed by atoms with E-state index in [-0.39, 0.29) is 11.6 Å². The summed E-state index contributed by atoms with van der Waals surface area (Å²) in [6.07, 6.45) is 1.27. The van der Waals surface area contributed by atoms with E-state index in [2.05, 4.69) is 33.0 Å². The van der Waals surface area contributed by atoms with Crippen LogP contribution in [-0.2, 0) is 0 Å². The van der Waals surface area contributed by atoms with E-state index in [0.717, 1.165) is 18.7 Å². The normalized spacial score (nSPS) is 13.5. The minimum atomic E-state index is 0.187. The van der Waals surface area contributed by atoms with Crippen molar-refractivity contribution in [2.75, 3.05) is 6.54 Å². The van der Waals surface area contributed by atoms with Crippen molar-refractivity contribution in [2.45, 2.75) is 45.8 Å². The van der Waals surface area contributed by atoms with Crippen molar-refractivity contribution in [1.29, 1.82) is 0 Å². The molecule has 0 bridgehead atoms. The molecule has 0 fully saturated rings. The molecular formula is C14H23NO. The van der Waals surface area contributed by atoms with Crippen LogP contribution < -0.4 is 10.1 Å². The minimum absolute atomic E-state index is 0.187. The maximum atomic E-state index is 5.79. The van der Waals surface area contributed by atoms with Crippen LogP contribution in [0.15, 0.2) is 30.3 Å². The van der Waals surface area contributed by atoms with Gasteiger partial charge < -0.3 is 10.1 Å². The Morgan fingerprint density at radius 1 is 1.19 bits per heavy atom. The summed E-state index contributed by atoms with van der Waals surface area (Å²) in [7, 11) is 0. The van der Waals surface area contributed by atoms with Crippen molar-refractivity contribution >= 4 is 0 Å². The molecule has 0 spiro atoms. The van der Waals surface area contributed by atoms with E-state index in [1.165, 1.54) is 0 Å². The second-order valence-electron chi connectivity index (χ2n) is 5.21. The van der Waals surface area contributed by atoms with E-state index in [1.807, 2.05) is 30.3 Å². The molecule has 16 heavy (non-hydrogen) atoms. The van der Waals surface area contributed by atoms with E-state index < -0.39 is 0 Å². The fourth-order valence-corrected chi connectivity index (χ4v) is 1.44. The van der Waals surface area contributed by atoms with Gasteiger partial charge in [-0.3, -0.25) is 0 Å². The lowest BCUT2D eigenvalue weighted by Crippen LogP contribution is -2.37. The standard InChI is InChI=1S/C14H23NO/c1-12(10-11-15-14(2,3)4)16-13-8-6-5-7-9-13/h5-9,12,15H,10-11H2,1-4H3. The zero-order chi connectivity index (χ0) is 12.0. The first kappa shape index (κ1) is 13.0. The predicted molar refractivity (Wildman–Crippen MR) is 68.9 cm³/mol. The van der Waals surface area contributed by atoms with Crippen molar-refractivity contribution in [3.05, 3.63) is 30.3 Å². The molecule has 1 N–H and O–H groups in total. The smallest absolute Gasteiger partial charge is 0.119 e. The van der Waals surface area contributed by atoms with Crippen LogP contribution in [0.1, 0.15) is 34.1 Å². The van der Waals surface area contributed by atoms with Crippen molar-refractivity contribution in [3.8, 4) is 5.75 Å². The Kier molecular flexibility index (Phi) is 4.81. The van der Waals surface area contributed by atoms with Crippen molar-refractivity contribution in [1.82, 2.24) is 5.32 Å². The van der Waals surface area contributed by atoms with Crippen molar-refractivity contribution in [2.24, 2.45) is 0 Å². The monoisotopic (exact) mass is 221 g/mol. The van der Waals surface area contributed by atoms with E-state index in [4.69, 9.17) is 4.74 Å². The van der Waals surface area contributed by atoms with Crippen molar-refractivity contribution in [3.63, 3.8) is 0 Å². The molecule has 2 heteroatoms. The van der Waals surface area contributed by atoms with Gasteiger partial charge in [0.1, 0.15) is 5.75 Å². The molecule has 1 aromatic rings. The average Bonchev–Trinajstić information content (AvgIpc) is 2.17. The van der Waals surface area contributed by atoms with Crippen LogP contribution >= 0.6 is 0 Å². The van der Waals surface area contributed by atoms with Crippen LogP contribution in [-0.4, -0.2) is 18.2 Å². The number of nitrogens with one attached hydrogen (secondary N) is 1. The fourth-order valence-electron chi connectivity index (χ4n) is 1.44. The molecule has 1 unspecified atom stereocenters. The number of rotatable bonds is 5. The van der Waals surface area contributed by atoms with Gasteiger partial charge in [0.05, 0.1) is 6.10 Å². The van der Waals surface area contributed by atoms with Crippen molar-refractivity contribution < 1.29 is 4.74 Å². The lowest BCUT2D eigenvalue weighted by molar-refractivity contribution is 0.205. The first-order valence-corrected chi connectivity index (χ1v) is 5.94. The van der Waals surface area contributed by atoms with Gasteiger partial charge >= 0.3 is 0 Å². The van der Waals surface area contributed by atoms with Gasteiger partial charge in [0, 0.05) is 5.54 Å². The molecule has 0 aliphatic carbocycles. The first-order chi connectivity index (χ1) is 7.47. The third-order valence-corrected chi connectivity index (χ3v) is 2.29. The molecule has 0 aromatic heterocycles. The zero-order valence-corrected chi connectivity index (χ0v) is 10.8. The van der Waals surface area contributed by atoms with E-state index in [1.54, 1.807) is 0 Å². The number of ether oxygens (including phenoxy) is 1. The highest BCUT2D eigenvalue weighted by Gasteiger charge is 2.09. The van der Waals surface area contributed by atoms with Crippen LogP contribution in [0.3, 0.4) is 0 Å². The number of hydrogen-bond donors (Lipinski definition) is 1. The molecular weight excluding hydrogens is 198 g/mol. The Bertz CT molecular complexity index is 289. The zero-order valence-electron chi connectivity index (χ0n) is 10.8. The third-order valence-electron chi connectivity index (χ3n) is 2.29. The Labute approximate surface area is 99.0 Å². The maximum absolute atomic E-state index is 5.79. The Morgan fingerprint density at radius 2 is 1.81 bits per heavy atom. The van der Waals surface area contributed by atoms with Gasteiger partial charge in [-0.25, -0.2) is 0 Å². The molecule has 0 aliphatic heterocycles. The second kappa shape index (κ2) is 5.90. The lowest BCUT2D eigenvalue weighted by atomic mass is 10.1. The van der Waals surface area contributed by atoms with Gasteiger partial charge in [0.15, 0.2) is 0 Å². The summed E-state index contributed by atoms with van der Waals surface area (Å²) in [5.74, 6) is 0.950. The maximum Gasteiger partial charge on any atom is 0.119 e. The molecule has 1 atom stereocenters. The molecule has 90 valence electrons. The summed E-state index contributed by atoms with van der Waals surface area (Å²) in [5, 5.41) is 3.46. The fraction of sp³-hybridized carbons (Fsp3) is 0.571. The molecule has 0 radical (unpaired) electrons. The van der Waals surface area contributed by atoms with Crippen LogP contribution in [0, 0.1) is 0 Å². The molecule has 1 rings (SSSR count). The average molecular weight is 221 g/mol. The summed E-state index contributed by atoms with van der Waals surface area (Å²) in [6.45, 7) is 9.62. The van der Waals surface area contributed by atoms with E-state index in [9.17, 15) is 0 Å². The molecule has 0 heterocycles. The summed E-state index contributed by atoms with van der Waals surface area (Å²) in [5.41, 5.74) is 0.187. The van der Waals surface area contributed by atoms with E-state index in [0.29, 0.717) is 0 Å². The SMILES string of the molecule is CC(CCNC(C)(C)C)Oc1ccccc1. The van der Waals surface area contributed by atoms with Crippen LogP contribution in [0.5, 0.6) is 5.75 Å². The predicted octanol–water partition coefficient (Wildman–Crippen LogP) is 3.23. The molecule has 0 amide bonds. The summed E-state index contributed by atoms with van der Waals surface area (Å²) < 4.78 is 5.79. The highest BCUT2D eigenvalue weighted by molar-refractivity contribution is 5.21. The summed E-state index contributed by atoms with van der Waals surface area (Å²) in [6, 6.07) is 9.98. The largest absolute Gasteiger partial charge is 0.491 e. The summed E-state index contributed by atoms with van der Waals surface area (Å²) in [4.78, 5) is 0. The topological polar surface area (TPSA) is 21.3 Å². The van der Waals surface area contributed by atoms with E-state index >= 15 is 0 Å². The highest BCUT2D eigenvalue weighted by atomic mass is 16.5. The first-order valence-electron chi connectivity index (χ1n) is 5.94. The van der Waals surface area contributed by atoms with Crippen LogP contribution in [0.2, 0.25) is 0 Å². The number of benzene rings is 1. The summed E-state index contributed by atoms with van der Waals surface area (Å²) >= 11 is 0. The van der Waals surface area contributed by atoms with Crippen LogP contribution in [0.4, 0.5) is 0 Å². The third kappa shape index (κ3) is 5.76. The van der Waals surface area contributed by atoms with Gasteiger partial charge in [-0.05, 0) is 52.8 Å². The van der Waals surface area contributed by atoms with Gasteiger partial charge in [-0.1, -0.05) is 18.2 Å². The van der Waals surface area contributed by atoms with Crippen LogP contribution in [0.25, 0.3) is 0 Å². The quantitative estimate of drug-likeness (QED) is 0.824. The number of hydrogen-bond acceptors (Lipinski definition) is 2. The Balaban J connectivity index is 2.24. The molecule has 0 saturated carbocycles. The molecule has 1 aromatic carbocycles. The molecule has 0 saturated heterocycles. The van der Waals surface area contributed by atoms with Gasteiger partial charge in [0.25, 0.3) is 0 Å². The van der Waals surface area contributed by atoms with Gasteiger partial charge in [-0.15, -0.1) is 0 Å².